The average Bonchev–Trinajstić information content (AvgIpc) is 3.31. The lowest BCUT2D eigenvalue weighted by Gasteiger charge is -2.19. The van der Waals surface area contributed by atoms with Gasteiger partial charge in [0.1, 0.15) is 17.3 Å². The lowest BCUT2D eigenvalue weighted by atomic mass is 9.87. The molecule has 34 heavy (non-hydrogen) atoms. The highest BCUT2D eigenvalue weighted by Crippen LogP contribution is 2.24. The highest BCUT2D eigenvalue weighted by atomic mass is 79.9. The molecule has 0 radical (unpaired) electrons. The molecule has 8 heteroatoms. The topological polar surface area (TPSA) is 90.1 Å². The Kier molecular flexibility index (Phi) is 8.43. The van der Waals surface area contributed by atoms with Crippen LogP contribution in [0.5, 0.6) is 11.5 Å². The lowest BCUT2D eigenvalue weighted by Crippen LogP contribution is -2.24. The quantitative estimate of drug-likeness (QED) is 0.138. The number of carbonyl (C=O) groups is 2. The van der Waals surface area contributed by atoms with E-state index in [1.54, 1.807) is 30.3 Å². The first-order chi connectivity index (χ1) is 16.2. The van der Waals surface area contributed by atoms with Gasteiger partial charge >= 0.3 is 5.97 Å². The molecule has 1 amide bonds. The lowest BCUT2D eigenvalue weighted by molar-refractivity contribution is -0.129. The van der Waals surface area contributed by atoms with Gasteiger partial charge in [0, 0.05) is 16.1 Å². The minimum atomic E-state index is -0.580. The summed E-state index contributed by atoms with van der Waals surface area (Å²) in [6, 6.07) is 16.1. The van der Waals surface area contributed by atoms with Gasteiger partial charge in [-0.25, -0.2) is 10.2 Å². The Hall–Kier alpha value is -3.65. The second-order valence-electron chi connectivity index (χ2n) is 8.31. The van der Waals surface area contributed by atoms with Crippen LogP contribution in [0, 0.1) is 0 Å². The van der Waals surface area contributed by atoms with Crippen molar-refractivity contribution in [2.24, 2.45) is 5.10 Å². The van der Waals surface area contributed by atoms with E-state index in [1.807, 2.05) is 24.3 Å². The van der Waals surface area contributed by atoms with Gasteiger partial charge in [-0.1, -0.05) is 48.8 Å². The van der Waals surface area contributed by atoms with Gasteiger partial charge in [0.15, 0.2) is 6.61 Å². The summed E-state index contributed by atoms with van der Waals surface area (Å²) in [5.74, 6) is 0.403. The molecule has 0 aliphatic rings. The van der Waals surface area contributed by atoms with E-state index in [2.05, 4.69) is 47.2 Å². The zero-order chi connectivity index (χ0) is 24.6. The number of halogens is 1. The largest absolute Gasteiger partial charge is 0.484 e. The molecule has 0 aliphatic heterocycles. The van der Waals surface area contributed by atoms with Crippen molar-refractivity contribution < 1.29 is 23.5 Å². The first-order valence-corrected chi connectivity index (χ1v) is 11.3. The Morgan fingerprint density at radius 3 is 2.56 bits per heavy atom. The molecule has 0 saturated heterocycles. The van der Waals surface area contributed by atoms with Gasteiger partial charge in [-0.3, -0.25) is 4.79 Å². The van der Waals surface area contributed by atoms with Crippen molar-refractivity contribution in [2.75, 3.05) is 6.61 Å². The van der Waals surface area contributed by atoms with Crippen LogP contribution in [0.2, 0.25) is 0 Å². The number of nitrogens with zero attached hydrogens (tertiary/aromatic N) is 1. The first kappa shape index (κ1) is 25.0. The Morgan fingerprint density at radius 2 is 1.88 bits per heavy atom. The van der Waals surface area contributed by atoms with E-state index in [1.165, 1.54) is 30.2 Å². The summed E-state index contributed by atoms with van der Waals surface area (Å²) in [5, 5.41) is 3.95. The molecule has 0 fully saturated rings. The first-order valence-electron chi connectivity index (χ1n) is 10.5. The Balaban J connectivity index is 1.54. The molecule has 0 unspecified atom stereocenters. The van der Waals surface area contributed by atoms with E-state index in [4.69, 9.17) is 13.9 Å². The number of hydrogen-bond donors (Lipinski definition) is 1. The molecule has 176 valence electrons. The van der Waals surface area contributed by atoms with Gasteiger partial charge in [-0.05, 0) is 59.5 Å². The van der Waals surface area contributed by atoms with Gasteiger partial charge in [0.2, 0.25) is 0 Å². The Bertz CT molecular complexity index is 1180. The predicted molar refractivity (Wildman–Crippen MR) is 134 cm³/mol. The number of carbonyl (C=O) groups excluding carboxylic acids is 2. The molecule has 3 rings (SSSR count). The summed E-state index contributed by atoms with van der Waals surface area (Å²) in [4.78, 5) is 24.2. The fourth-order valence-corrected chi connectivity index (χ4v) is 3.18. The molecule has 0 aliphatic carbocycles. The van der Waals surface area contributed by atoms with Gasteiger partial charge < -0.3 is 13.9 Å². The molecule has 1 N–H and O–H groups in total. The molecule has 7 nitrogen and oxygen atoms in total. The van der Waals surface area contributed by atoms with Crippen molar-refractivity contribution in [3.05, 3.63) is 88.3 Å². The van der Waals surface area contributed by atoms with Crippen LogP contribution in [0.15, 0.2) is 80.9 Å². The SMILES string of the molecule is CC(C)(C)c1ccc(OCC(=O)N/N=C\c2cc(Br)ccc2OC(=O)/C=C/c2ccco2)cc1. The van der Waals surface area contributed by atoms with Crippen LogP contribution in [0.4, 0.5) is 0 Å². The van der Waals surface area contributed by atoms with Gasteiger partial charge in [0.25, 0.3) is 5.91 Å². The van der Waals surface area contributed by atoms with Gasteiger partial charge in [0.05, 0.1) is 12.5 Å². The molecule has 2 aromatic carbocycles. The summed E-state index contributed by atoms with van der Waals surface area (Å²) < 4.78 is 16.8. The Labute approximate surface area is 206 Å². The minimum Gasteiger partial charge on any atom is -0.484 e. The van der Waals surface area contributed by atoms with Crippen molar-refractivity contribution in [1.29, 1.82) is 0 Å². The average molecular weight is 525 g/mol. The third-order valence-electron chi connectivity index (χ3n) is 4.59. The highest BCUT2D eigenvalue weighted by Gasteiger charge is 2.13. The number of benzene rings is 2. The summed E-state index contributed by atoms with van der Waals surface area (Å²) in [5.41, 5.74) is 4.12. The number of ether oxygens (including phenoxy) is 2. The van der Waals surface area contributed by atoms with Crippen LogP contribution >= 0.6 is 15.9 Å². The van der Waals surface area contributed by atoms with Gasteiger partial charge in [-0.15, -0.1) is 0 Å². The molecule has 0 atom stereocenters. The van der Waals surface area contributed by atoms with E-state index < -0.39 is 11.9 Å². The molecule has 1 aromatic heterocycles. The summed E-state index contributed by atoms with van der Waals surface area (Å²) in [6.45, 7) is 6.20. The summed E-state index contributed by atoms with van der Waals surface area (Å²) >= 11 is 3.37. The number of hydrogen-bond acceptors (Lipinski definition) is 6. The van der Waals surface area contributed by atoms with E-state index in [0.717, 1.165) is 4.47 Å². The Morgan fingerprint density at radius 1 is 1.12 bits per heavy atom. The maximum absolute atomic E-state index is 12.1. The third-order valence-corrected chi connectivity index (χ3v) is 5.09. The maximum Gasteiger partial charge on any atom is 0.336 e. The van der Waals surface area contributed by atoms with Crippen molar-refractivity contribution in [1.82, 2.24) is 5.43 Å². The van der Waals surface area contributed by atoms with Crippen LogP contribution in [0.1, 0.15) is 37.7 Å². The smallest absolute Gasteiger partial charge is 0.336 e. The van der Waals surface area contributed by atoms with Crippen molar-refractivity contribution in [3.8, 4) is 11.5 Å². The zero-order valence-corrected chi connectivity index (χ0v) is 20.7. The molecule has 1 heterocycles. The van der Waals surface area contributed by atoms with Crippen LogP contribution < -0.4 is 14.9 Å². The fraction of sp³-hybridized carbons (Fsp3) is 0.192. The number of furan rings is 1. The molecule has 0 saturated carbocycles. The van der Waals surface area contributed by atoms with E-state index in [9.17, 15) is 9.59 Å². The summed E-state index contributed by atoms with van der Waals surface area (Å²) in [7, 11) is 0. The van der Waals surface area contributed by atoms with Crippen LogP contribution in [-0.4, -0.2) is 24.7 Å². The fourth-order valence-electron chi connectivity index (χ4n) is 2.80. The van der Waals surface area contributed by atoms with Crippen LogP contribution in [-0.2, 0) is 15.0 Å². The zero-order valence-electron chi connectivity index (χ0n) is 19.1. The highest BCUT2D eigenvalue weighted by molar-refractivity contribution is 9.10. The van der Waals surface area contributed by atoms with Crippen molar-refractivity contribution in [2.45, 2.75) is 26.2 Å². The van der Waals surface area contributed by atoms with Gasteiger partial charge in [-0.2, -0.15) is 5.10 Å². The normalized spacial score (nSPS) is 11.6. The number of rotatable bonds is 8. The molecular weight excluding hydrogens is 500 g/mol. The second kappa shape index (κ2) is 11.5. The van der Waals surface area contributed by atoms with Crippen LogP contribution in [0.25, 0.3) is 6.08 Å². The third kappa shape index (κ3) is 7.74. The van der Waals surface area contributed by atoms with Crippen molar-refractivity contribution in [3.63, 3.8) is 0 Å². The molecule has 3 aromatic rings. The maximum atomic E-state index is 12.1. The summed E-state index contributed by atoms with van der Waals surface area (Å²) in [6.07, 6.45) is 5.66. The molecular formula is C26H25BrN2O5. The standard InChI is InChI=1S/C26H25BrN2O5/c1-26(2,3)19-6-9-22(10-7-19)33-17-24(30)29-28-16-18-15-20(27)8-12-23(18)34-25(31)13-11-21-5-4-14-32-21/h4-16H,17H2,1-3H3,(H,29,30)/b13-11+,28-16-. The van der Waals surface area contributed by atoms with E-state index in [-0.39, 0.29) is 17.8 Å². The molecule has 0 bridgehead atoms. The molecule has 0 spiro atoms. The van der Waals surface area contributed by atoms with Crippen LogP contribution in [0.3, 0.4) is 0 Å². The van der Waals surface area contributed by atoms with Crippen molar-refractivity contribution >= 4 is 40.1 Å². The van der Waals surface area contributed by atoms with E-state index >= 15 is 0 Å². The number of nitrogens with one attached hydrogen (secondary N) is 1. The minimum absolute atomic E-state index is 0.0416. The number of hydrazone groups is 1. The predicted octanol–water partition coefficient (Wildman–Crippen LogP) is 5.49. The number of amides is 1. The second-order valence-corrected chi connectivity index (χ2v) is 9.22. The monoisotopic (exact) mass is 524 g/mol. The number of esters is 1. The van der Waals surface area contributed by atoms with E-state index in [0.29, 0.717) is 17.1 Å².